The van der Waals surface area contributed by atoms with E-state index in [0.29, 0.717) is 17.1 Å². The average molecular weight is 657 g/mol. The van der Waals surface area contributed by atoms with Crippen LogP contribution in [0.5, 0.6) is 5.75 Å². The molecule has 2 aromatic heterocycles. The zero-order valence-corrected chi connectivity index (χ0v) is 27.2. The predicted octanol–water partition coefficient (Wildman–Crippen LogP) is 3.70. The van der Waals surface area contributed by atoms with E-state index in [9.17, 15) is 24.8 Å². The maximum atomic E-state index is 14.2. The highest BCUT2D eigenvalue weighted by Crippen LogP contribution is 2.48. The van der Waals surface area contributed by atoms with Gasteiger partial charge >= 0.3 is 13.7 Å². The third-order valence-electron chi connectivity index (χ3n) is 8.75. The maximum absolute atomic E-state index is 14.2. The molecule has 14 nitrogen and oxygen atoms in total. The third kappa shape index (κ3) is 7.05. The normalized spacial score (nSPS) is 28.7. The number of esters is 1. The fourth-order valence-electron chi connectivity index (χ4n) is 5.97. The Balaban J connectivity index is 1.31. The average Bonchev–Trinajstić information content (AvgIpc) is 3.56. The number of hydrogen-bond acceptors (Lipinski definition) is 12. The fraction of sp³-hybridized carbons (Fsp3) is 0.548. The predicted molar refractivity (Wildman–Crippen MR) is 166 cm³/mol. The van der Waals surface area contributed by atoms with Crippen LogP contribution in [0.15, 0.2) is 48.8 Å². The Hall–Kier alpha value is -3.57. The van der Waals surface area contributed by atoms with Crippen molar-refractivity contribution in [1.29, 1.82) is 5.26 Å². The molecule has 2 aliphatic rings. The van der Waals surface area contributed by atoms with Crippen LogP contribution in [0.25, 0.3) is 5.52 Å². The summed E-state index contributed by atoms with van der Waals surface area (Å²) in [6.45, 7) is 7.30. The summed E-state index contributed by atoms with van der Waals surface area (Å²) in [7, 11) is -4.43. The van der Waals surface area contributed by atoms with Gasteiger partial charge in [-0.25, -0.2) is 14.1 Å². The summed E-state index contributed by atoms with van der Waals surface area (Å²) in [4.78, 5) is 17.0. The largest absolute Gasteiger partial charge is 0.461 e. The first-order chi connectivity index (χ1) is 21.7. The lowest BCUT2D eigenvalue weighted by Crippen LogP contribution is -2.46. The summed E-state index contributed by atoms with van der Waals surface area (Å²) in [5.74, 6) is 0.240. The second-order valence-electron chi connectivity index (χ2n) is 13.0. The number of aliphatic hydroxyl groups excluding tert-OH is 2. The molecule has 0 unspecified atom stereocenters. The Morgan fingerprint density at radius 2 is 1.91 bits per heavy atom. The van der Waals surface area contributed by atoms with Gasteiger partial charge < -0.3 is 29.9 Å². The van der Waals surface area contributed by atoms with Gasteiger partial charge in [-0.3, -0.25) is 9.32 Å². The smallest absolute Gasteiger partial charge is 0.459 e. The van der Waals surface area contributed by atoms with Crippen molar-refractivity contribution >= 4 is 25.1 Å². The van der Waals surface area contributed by atoms with Crippen molar-refractivity contribution in [2.24, 2.45) is 11.3 Å². The maximum Gasteiger partial charge on any atom is 0.459 e. The number of rotatable bonds is 10. The van der Waals surface area contributed by atoms with E-state index in [4.69, 9.17) is 24.3 Å². The molecule has 5 rings (SSSR count). The molecule has 1 aliphatic heterocycles. The highest BCUT2D eigenvalue weighted by atomic mass is 31.2. The summed E-state index contributed by atoms with van der Waals surface area (Å²) < 4.78 is 38.7. The Morgan fingerprint density at radius 1 is 1.22 bits per heavy atom. The van der Waals surface area contributed by atoms with E-state index in [2.05, 4.69) is 35.9 Å². The Morgan fingerprint density at radius 3 is 2.57 bits per heavy atom. The van der Waals surface area contributed by atoms with E-state index in [1.165, 1.54) is 17.8 Å². The lowest BCUT2D eigenvalue weighted by atomic mass is 9.72. The van der Waals surface area contributed by atoms with Gasteiger partial charge in [0.05, 0.1) is 5.69 Å². The van der Waals surface area contributed by atoms with Crippen LogP contribution >= 0.6 is 7.75 Å². The molecule has 0 spiro atoms. The highest BCUT2D eigenvalue weighted by molar-refractivity contribution is 7.52. The van der Waals surface area contributed by atoms with E-state index in [1.807, 2.05) is 6.07 Å². The summed E-state index contributed by atoms with van der Waals surface area (Å²) >= 11 is 0. The van der Waals surface area contributed by atoms with Gasteiger partial charge in [-0.05, 0) is 68.2 Å². The van der Waals surface area contributed by atoms with E-state index in [1.54, 1.807) is 42.5 Å². The van der Waals surface area contributed by atoms with Crippen LogP contribution in [-0.4, -0.2) is 67.3 Å². The number of aliphatic hydroxyl groups is 2. The molecule has 1 saturated heterocycles. The Labute approximate surface area is 267 Å². The number of nitrogens with one attached hydrogen (secondary N) is 1. The molecule has 6 atom stereocenters. The van der Waals surface area contributed by atoms with Gasteiger partial charge in [0.15, 0.2) is 5.82 Å². The van der Waals surface area contributed by atoms with Gasteiger partial charge in [0.1, 0.15) is 60.7 Å². The number of hydrogen-bond donors (Lipinski definition) is 4. The van der Waals surface area contributed by atoms with Crippen molar-refractivity contribution in [2.75, 3.05) is 12.3 Å². The monoisotopic (exact) mass is 656 g/mol. The molecule has 1 aromatic carbocycles. The minimum Gasteiger partial charge on any atom is -0.461 e. The minimum absolute atomic E-state index is 0.160. The number of benzene rings is 1. The number of nitrogens with zero attached hydrogens (tertiary/aromatic N) is 4. The quantitative estimate of drug-likeness (QED) is 0.182. The van der Waals surface area contributed by atoms with Crippen LogP contribution in [-0.2, 0) is 23.4 Å². The van der Waals surface area contributed by atoms with E-state index in [-0.39, 0.29) is 23.1 Å². The number of nitrogens with two attached hydrogens (primary N) is 1. The summed E-state index contributed by atoms with van der Waals surface area (Å²) in [6.07, 6.45) is -0.332. The van der Waals surface area contributed by atoms with Crippen LogP contribution < -0.4 is 15.3 Å². The molecule has 248 valence electrons. The number of nitrogen functional groups attached to an aromatic ring is 1. The van der Waals surface area contributed by atoms with Crippen LogP contribution in [0.4, 0.5) is 5.82 Å². The summed E-state index contributed by atoms with van der Waals surface area (Å²) in [5.41, 5.74) is 4.64. The Kier molecular flexibility index (Phi) is 9.75. The highest BCUT2D eigenvalue weighted by Gasteiger charge is 2.57. The molecule has 0 bridgehead atoms. The number of anilines is 1. The second-order valence-corrected chi connectivity index (χ2v) is 14.7. The first kappa shape index (κ1) is 33.8. The molecule has 1 saturated carbocycles. The number of nitriles is 1. The Bertz CT molecular complexity index is 1620. The first-order valence-electron chi connectivity index (χ1n) is 15.3. The molecule has 5 N–H and O–H groups in total. The molecule has 2 fully saturated rings. The topological polar surface area (TPSA) is 204 Å². The number of aromatic nitrogens is 3. The van der Waals surface area contributed by atoms with Gasteiger partial charge in [-0.1, -0.05) is 39.0 Å². The zero-order chi connectivity index (χ0) is 33.3. The molecule has 3 aromatic rings. The van der Waals surface area contributed by atoms with E-state index < -0.39 is 50.3 Å². The number of fused-ring (bicyclic) bond motifs is 1. The molecule has 46 heavy (non-hydrogen) atoms. The van der Waals surface area contributed by atoms with Gasteiger partial charge in [-0.15, -0.1) is 0 Å². The van der Waals surface area contributed by atoms with E-state index >= 15 is 0 Å². The third-order valence-corrected chi connectivity index (χ3v) is 10.4. The fourth-order valence-corrected chi connectivity index (χ4v) is 7.49. The van der Waals surface area contributed by atoms with Crippen LogP contribution in [0.1, 0.15) is 65.2 Å². The van der Waals surface area contributed by atoms with Gasteiger partial charge in [0, 0.05) is 0 Å². The number of carbonyl (C=O) groups is 1. The second kappa shape index (κ2) is 13.3. The summed E-state index contributed by atoms with van der Waals surface area (Å²) in [6, 6.07) is 12.1. The number of para-hydroxylation sites is 1. The van der Waals surface area contributed by atoms with Crippen molar-refractivity contribution in [3.05, 3.63) is 54.5 Å². The molecular formula is C31H41N6O8P. The van der Waals surface area contributed by atoms with Crippen LogP contribution in [0.3, 0.4) is 0 Å². The zero-order valence-electron chi connectivity index (χ0n) is 26.3. The standard InChI is InChI=1S/C31H41N6O8P/c1-19(29(40)43-21-12-10-20(11-13-21)30(2,3)4)36-46(41,45-22-8-6-5-7-9-22)42-17-31(16-32)27(39)25(38)26(44-31)23-14-15-24-28(33)34-18-35-37(23)24/h5-9,14-15,18-21,25-27,38-39H,10-13,17H2,1-4H3,(H,36,41)(H2,33,34,35)/t19-,20-,21-,25-,26-,27-,31+,46-/m0/s1. The molecule has 0 amide bonds. The number of carbonyl (C=O) groups excluding carboxylic acids is 1. The van der Waals surface area contributed by atoms with Crippen molar-refractivity contribution in [3.8, 4) is 11.8 Å². The molecule has 1 aliphatic carbocycles. The van der Waals surface area contributed by atoms with E-state index in [0.717, 1.165) is 25.7 Å². The van der Waals surface area contributed by atoms with Gasteiger partial charge in [-0.2, -0.15) is 15.4 Å². The molecular weight excluding hydrogens is 615 g/mol. The molecule has 15 heteroatoms. The van der Waals surface area contributed by atoms with Crippen molar-refractivity contribution in [1.82, 2.24) is 19.7 Å². The van der Waals surface area contributed by atoms with Crippen molar-refractivity contribution in [3.63, 3.8) is 0 Å². The molecule has 3 heterocycles. The number of ether oxygens (including phenoxy) is 2. The van der Waals surface area contributed by atoms with Crippen molar-refractivity contribution < 1.29 is 38.1 Å². The lowest BCUT2D eigenvalue weighted by Gasteiger charge is -2.37. The minimum atomic E-state index is -4.43. The SMILES string of the molecule is C[C@H](N[P@](=O)(OC[C@@]1(C#N)O[C@@H](c2ccc3c(N)ncnn23)[C@H](O)[C@@H]1O)Oc1ccccc1)C(=O)O[C@H]1CC[C@H](C(C)(C)C)CC1. The lowest BCUT2D eigenvalue weighted by molar-refractivity contribution is -0.153. The molecule has 0 radical (unpaired) electrons. The first-order valence-corrected chi connectivity index (χ1v) is 16.8. The van der Waals surface area contributed by atoms with Crippen LogP contribution in [0, 0.1) is 22.7 Å². The van der Waals surface area contributed by atoms with Gasteiger partial charge in [0.25, 0.3) is 0 Å². The van der Waals surface area contributed by atoms with Gasteiger partial charge in [0.2, 0.25) is 5.60 Å². The van der Waals surface area contributed by atoms with Crippen LogP contribution in [0.2, 0.25) is 0 Å². The summed E-state index contributed by atoms with van der Waals surface area (Å²) in [5, 5.41) is 39.0. The van der Waals surface area contributed by atoms with Crippen molar-refractivity contribution in [2.45, 2.75) is 89.4 Å².